The van der Waals surface area contributed by atoms with Crippen LogP contribution in [0.1, 0.15) is 23.2 Å². The molecule has 0 bridgehead atoms. The molecule has 0 aromatic heterocycles. The summed E-state index contributed by atoms with van der Waals surface area (Å²) in [7, 11) is 3.18. The van der Waals surface area contributed by atoms with Gasteiger partial charge in [0.15, 0.2) is 0 Å². The Bertz CT molecular complexity index is 580. The Kier molecular flexibility index (Phi) is 7.21. The largest absolute Gasteiger partial charge is 0.497 e. The van der Waals surface area contributed by atoms with Gasteiger partial charge in [-0.3, -0.25) is 9.59 Å². The first-order chi connectivity index (χ1) is 12.1. The van der Waals surface area contributed by atoms with Gasteiger partial charge in [-0.05, 0) is 44.1 Å². The second-order valence-electron chi connectivity index (χ2n) is 6.21. The van der Waals surface area contributed by atoms with Gasteiger partial charge in [-0.1, -0.05) is 6.07 Å². The van der Waals surface area contributed by atoms with Gasteiger partial charge in [0.2, 0.25) is 5.91 Å². The Hall–Kier alpha value is -2.12. The summed E-state index contributed by atoms with van der Waals surface area (Å²) < 4.78 is 10.4. The summed E-state index contributed by atoms with van der Waals surface area (Å²) in [5, 5.41) is 8.98. The lowest BCUT2D eigenvalue weighted by atomic mass is 9.78. The highest BCUT2D eigenvalue weighted by molar-refractivity contribution is 5.94. The Balaban J connectivity index is 1.79. The lowest BCUT2D eigenvalue weighted by Crippen LogP contribution is -2.51. The molecule has 0 atom stereocenters. The molecule has 0 aliphatic carbocycles. The van der Waals surface area contributed by atoms with Crippen LogP contribution < -0.4 is 20.7 Å². The molecule has 25 heavy (non-hydrogen) atoms. The minimum Gasteiger partial charge on any atom is -0.497 e. The first kappa shape index (κ1) is 19.2. The number of amides is 2. The van der Waals surface area contributed by atoms with Gasteiger partial charge >= 0.3 is 0 Å². The number of carbonyl (C=O) groups excluding carboxylic acids is 2. The fourth-order valence-electron chi connectivity index (χ4n) is 3.02. The van der Waals surface area contributed by atoms with Crippen molar-refractivity contribution in [2.75, 3.05) is 47.0 Å². The number of methoxy groups -OCH3 is 2. The van der Waals surface area contributed by atoms with E-state index >= 15 is 0 Å². The molecule has 0 saturated carbocycles. The smallest absolute Gasteiger partial charge is 0.251 e. The van der Waals surface area contributed by atoms with Crippen LogP contribution in [0.4, 0.5) is 0 Å². The predicted octanol–water partition coefficient (Wildman–Crippen LogP) is 0.557. The molecule has 138 valence electrons. The zero-order chi connectivity index (χ0) is 18.1. The highest BCUT2D eigenvalue weighted by Gasteiger charge is 2.39. The maximum Gasteiger partial charge on any atom is 0.251 e. The number of hydrogen-bond acceptors (Lipinski definition) is 5. The Morgan fingerprint density at radius 1 is 1.16 bits per heavy atom. The molecule has 1 aliphatic heterocycles. The summed E-state index contributed by atoms with van der Waals surface area (Å²) in [5.41, 5.74) is 0.0523. The average Bonchev–Trinajstić information content (AvgIpc) is 2.65. The van der Waals surface area contributed by atoms with Crippen LogP contribution in [-0.4, -0.2) is 58.8 Å². The highest BCUT2D eigenvalue weighted by Crippen LogP contribution is 2.29. The fraction of sp³-hybridized carbons (Fsp3) is 0.556. The number of hydrogen-bond donors (Lipinski definition) is 3. The normalized spacial score (nSPS) is 16.1. The van der Waals surface area contributed by atoms with E-state index in [1.165, 1.54) is 0 Å². The topological polar surface area (TPSA) is 88.7 Å². The molecule has 1 aromatic rings. The Morgan fingerprint density at radius 3 is 2.56 bits per heavy atom. The van der Waals surface area contributed by atoms with Crippen molar-refractivity contribution in [3.8, 4) is 5.75 Å². The third-order valence-corrected chi connectivity index (χ3v) is 4.49. The Morgan fingerprint density at radius 2 is 1.88 bits per heavy atom. The monoisotopic (exact) mass is 349 g/mol. The minimum absolute atomic E-state index is 0.00789. The summed E-state index contributed by atoms with van der Waals surface area (Å²) in [4.78, 5) is 24.7. The quantitative estimate of drug-likeness (QED) is 0.597. The first-order valence-electron chi connectivity index (χ1n) is 8.51. The molecule has 1 fully saturated rings. The van der Waals surface area contributed by atoms with Crippen molar-refractivity contribution in [2.24, 2.45) is 5.41 Å². The zero-order valence-electron chi connectivity index (χ0n) is 14.9. The molecule has 7 nitrogen and oxygen atoms in total. The maximum absolute atomic E-state index is 12.6. The van der Waals surface area contributed by atoms with Crippen molar-refractivity contribution in [3.63, 3.8) is 0 Å². The fourth-order valence-corrected chi connectivity index (χ4v) is 3.02. The molecular formula is C18H27N3O4. The number of carbonyl (C=O) groups is 2. The number of benzene rings is 1. The van der Waals surface area contributed by atoms with E-state index in [4.69, 9.17) is 9.47 Å². The average molecular weight is 349 g/mol. The number of rotatable bonds is 8. The summed E-state index contributed by atoms with van der Waals surface area (Å²) in [6.45, 7) is 2.78. The van der Waals surface area contributed by atoms with Gasteiger partial charge in [-0.2, -0.15) is 0 Å². The summed E-state index contributed by atoms with van der Waals surface area (Å²) in [5.74, 6) is 0.432. The van der Waals surface area contributed by atoms with Crippen LogP contribution in [0.5, 0.6) is 5.75 Å². The minimum atomic E-state index is -0.475. The van der Waals surface area contributed by atoms with Gasteiger partial charge in [0.25, 0.3) is 5.91 Å². The number of piperidine rings is 1. The van der Waals surface area contributed by atoms with E-state index in [1.807, 2.05) is 0 Å². The van der Waals surface area contributed by atoms with Gasteiger partial charge in [0.1, 0.15) is 5.75 Å². The van der Waals surface area contributed by atoms with Gasteiger partial charge in [-0.25, -0.2) is 0 Å². The molecule has 0 radical (unpaired) electrons. The zero-order valence-corrected chi connectivity index (χ0v) is 14.9. The van der Waals surface area contributed by atoms with E-state index in [1.54, 1.807) is 38.5 Å². The molecule has 7 heteroatoms. The molecule has 2 rings (SSSR count). The molecule has 1 aromatic carbocycles. The van der Waals surface area contributed by atoms with E-state index in [-0.39, 0.29) is 11.8 Å². The molecule has 0 unspecified atom stereocenters. The van der Waals surface area contributed by atoms with E-state index in [0.717, 1.165) is 25.9 Å². The molecule has 3 N–H and O–H groups in total. The Labute approximate surface area is 148 Å². The molecule has 1 aliphatic rings. The lowest BCUT2D eigenvalue weighted by Gasteiger charge is -2.35. The van der Waals surface area contributed by atoms with Crippen LogP contribution in [0.15, 0.2) is 24.3 Å². The van der Waals surface area contributed by atoms with Gasteiger partial charge < -0.3 is 25.4 Å². The molecule has 0 spiro atoms. The second-order valence-corrected chi connectivity index (χ2v) is 6.21. The molecular weight excluding hydrogens is 322 g/mol. The van der Waals surface area contributed by atoms with Gasteiger partial charge in [-0.15, -0.1) is 0 Å². The van der Waals surface area contributed by atoms with Crippen LogP contribution in [0.3, 0.4) is 0 Å². The van der Waals surface area contributed by atoms with Crippen LogP contribution in [0, 0.1) is 5.41 Å². The third-order valence-electron chi connectivity index (χ3n) is 4.49. The van der Waals surface area contributed by atoms with Crippen LogP contribution in [-0.2, 0) is 9.53 Å². The maximum atomic E-state index is 12.6. The van der Waals surface area contributed by atoms with Crippen LogP contribution in [0.25, 0.3) is 0 Å². The highest BCUT2D eigenvalue weighted by atomic mass is 16.5. The van der Waals surface area contributed by atoms with E-state index in [2.05, 4.69) is 16.0 Å². The van der Waals surface area contributed by atoms with Crippen LogP contribution >= 0.6 is 0 Å². The summed E-state index contributed by atoms with van der Waals surface area (Å²) in [6.07, 6.45) is 1.51. The van der Waals surface area contributed by atoms with Crippen molar-refractivity contribution in [2.45, 2.75) is 12.8 Å². The first-order valence-corrected chi connectivity index (χ1v) is 8.51. The van der Waals surface area contributed by atoms with Crippen molar-refractivity contribution in [1.82, 2.24) is 16.0 Å². The van der Waals surface area contributed by atoms with E-state index in [9.17, 15) is 9.59 Å². The second kappa shape index (κ2) is 9.39. The summed E-state index contributed by atoms with van der Waals surface area (Å²) in [6, 6.07) is 6.95. The van der Waals surface area contributed by atoms with Crippen molar-refractivity contribution >= 4 is 11.8 Å². The van der Waals surface area contributed by atoms with E-state index < -0.39 is 5.41 Å². The van der Waals surface area contributed by atoms with Crippen molar-refractivity contribution < 1.29 is 19.1 Å². The third kappa shape index (κ3) is 5.17. The van der Waals surface area contributed by atoms with Crippen LogP contribution in [0.2, 0.25) is 0 Å². The number of ether oxygens (including phenoxy) is 2. The van der Waals surface area contributed by atoms with Crippen molar-refractivity contribution in [1.29, 1.82) is 0 Å². The lowest BCUT2D eigenvalue weighted by molar-refractivity contribution is -0.136. The molecule has 1 heterocycles. The number of nitrogens with one attached hydrogen (secondary N) is 3. The standard InChI is InChI=1S/C18H27N3O4/c1-24-13-18(6-8-19-9-7-18)17(23)21-11-10-20-16(22)14-4-3-5-15(12-14)25-2/h3-5,12,19H,6-11,13H2,1-2H3,(H,20,22)(H,21,23). The SMILES string of the molecule is COCC1(C(=O)NCCNC(=O)c2cccc(OC)c2)CCNCC1. The van der Waals surface area contributed by atoms with Gasteiger partial charge in [0, 0.05) is 25.8 Å². The van der Waals surface area contributed by atoms with Gasteiger partial charge in [0.05, 0.1) is 19.1 Å². The molecule has 1 saturated heterocycles. The van der Waals surface area contributed by atoms with Crippen molar-refractivity contribution in [3.05, 3.63) is 29.8 Å². The molecule has 2 amide bonds. The summed E-state index contributed by atoms with van der Waals surface area (Å²) >= 11 is 0. The predicted molar refractivity (Wildman–Crippen MR) is 94.7 cm³/mol. The van der Waals surface area contributed by atoms with E-state index in [0.29, 0.717) is 31.0 Å².